The Balaban J connectivity index is 2.02. The summed E-state index contributed by atoms with van der Waals surface area (Å²) in [4.78, 5) is 30.0. The lowest BCUT2D eigenvalue weighted by atomic mass is 10.1. The van der Waals surface area contributed by atoms with E-state index in [2.05, 4.69) is 47.1 Å². The van der Waals surface area contributed by atoms with Crippen molar-refractivity contribution in [3.05, 3.63) is 55.3 Å². The van der Waals surface area contributed by atoms with Crippen LogP contribution in [0.2, 0.25) is 0 Å². The molecule has 1 heterocycles. The number of nitrogens with zero attached hydrogens (tertiary/aromatic N) is 3. The van der Waals surface area contributed by atoms with Gasteiger partial charge in [-0.2, -0.15) is 0 Å². The van der Waals surface area contributed by atoms with E-state index in [4.69, 9.17) is 0 Å². The quantitative estimate of drug-likeness (QED) is 0.611. The summed E-state index contributed by atoms with van der Waals surface area (Å²) in [5, 5.41) is 13.2. The number of aromatic nitrogens is 2. The van der Waals surface area contributed by atoms with Crippen LogP contribution in [-0.2, 0) is 11.2 Å². The van der Waals surface area contributed by atoms with Crippen LogP contribution in [0.3, 0.4) is 0 Å². The normalized spacial score (nSPS) is 10.2. The first kappa shape index (κ1) is 15.5. The van der Waals surface area contributed by atoms with Crippen molar-refractivity contribution >= 4 is 49.3 Å². The van der Waals surface area contributed by atoms with E-state index < -0.39 is 4.92 Å². The summed E-state index contributed by atoms with van der Waals surface area (Å²) in [6.07, 6.45) is 1.55. The van der Waals surface area contributed by atoms with Crippen molar-refractivity contribution in [3.63, 3.8) is 0 Å². The number of rotatable bonds is 4. The number of anilines is 1. The van der Waals surface area contributed by atoms with Crippen LogP contribution in [0.1, 0.15) is 5.56 Å². The van der Waals surface area contributed by atoms with Gasteiger partial charge in [0.2, 0.25) is 5.91 Å². The van der Waals surface area contributed by atoms with E-state index in [1.54, 1.807) is 12.1 Å². The first-order valence-electron chi connectivity index (χ1n) is 5.67. The first-order chi connectivity index (χ1) is 9.95. The smallest absolute Gasteiger partial charge is 0.269 e. The predicted molar refractivity (Wildman–Crippen MR) is 82.9 cm³/mol. The Kier molecular flexibility index (Phi) is 4.97. The third-order valence-electron chi connectivity index (χ3n) is 2.47. The van der Waals surface area contributed by atoms with Crippen molar-refractivity contribution in [2.45, 2.75) is 6.42 Å². The van der Waals surface area contributed by atoms with Crippen molar-refractivity contribution < 1.29 is 9.72 Å². The molecule has 0 aliphatic carbocycles. The number of halogens is 2. The third-order valence-corrected chi connectivity index (χ3v) is 3.41. The van der Waals surface area contributed by atoms with Crippen molar-refractivity contribution in [1.29, 1.82) is 0 Å². The average molecular weight is 416 g/mol. The number of nitrogens with one attached hydrogen (secondary N) is 1. The van der Waals surface area contributed by atoms with Gasteiger partial charge in [0.15, 0.2) is 5.82 Å². The fourth-order valence-electron chi connectivity index (χ4n) is 1.53. The number of nitro groups is 1. The van der Waals surface area contributed by atoms with Gasteiger partial charge < -0.3 is 5.32 Å². The molecule has 0 aliphatic heterocycles. The van der Waals surface area contributed by atoms with E-state index in [1.807, 2.05) is 0 Å². The molecule has 0 fully saturated rings. The molecule has 1 N–H and O–H groups in total. The van der Waals surface area contributed by atoms with E-state index >= 15 is 0 Å². The number of carbonyl (C=O) groups is 1. The second-order valence-electron chi connectivity index (χ2n) is 3.98. The molecule has 2 aromatic rings. The SMILES string of the molecule is O=C(Cc1ccc([N+](=O)[O-])cc1)Nc1ncc(Br)nc1Br. The Morgan fingerprint density at radius 1 is 1.29 bits per heavy atom. The lowest BCUT2D eigenvalue weighted by Gasteiger charge is -2.06. The highest BCUT2D eigenvalue weighted by Crippen LogP contribution is 2.19. The van der Waals surface area contributed by atoms with Crippen LogP contribution in [0.4, 0.5) is 11.5 Å². The van der Waals surface area contributed by atoms with Gasteiger partial charge in [0.25, 0.3) is 5.69 Å². The Morgan fingerprint density at radius 2 is 1.95 bits per heavy atom. The van der Waals surface area contributed by atoms with Crippen LogP contribution >= 0.6 is 31.9 Å². The standard InChI is InChI=1S/C12H8Br2N4O3/c13-9-6-15-12(11(14)16-9)17-10(19)5-7-1-3-8(4-2-7)18(20)21/h1-4,6H,5H2,(H,15,17,19). The summed E-state index contributed by atoms with van der Waals surface area (Å²) < 4.78 is 0.955. The molecule has 0 unspecified atom stereocenters. The number of non-ortho nitro benzene ring substituents is 1. The molecule has 0 radical (unpaired) electrons. The van der Waals surface area contributed by atoms with E-state index in [9.17, 15) is 14.9 Å². The summed E-state index contributed by atoms with van der Waals surface area (Å²) in [5.74, 6) is 0.0197. The Hall–Kier alpha value is -1.87. The fourth-order valence-corrected chi connectivity index (χ4v) is 2.44. The van der Waals surface area contributed by atoms with Gasteiger partial charge in [0.1, 0.15) is 9.21 Å². The number of amides is 1. The van der Waals surface area contributed by atoms with E-state index in [0.717, 1.165) is 0 Å². The van der Waals surface area contributed by atoms with Gasteiger partial charge in [-0.1, -0.05) is 12.1 Å². The Bertz CT molecular complexity index is 691. The highest BCUT2D eigenvalue weighted by Gasteiger charge is 2.10. The molecule has 1 aromatic carbocycles. The van der Waals surface area contributed by atoms with Crippen LogP contribution in [0, 0.1) is 10.1 Å². The summed E-state index contributed by atoms with van der Waals surface area (Å²) in [5.41, 5.74) is 0.653. The highest BCUT2D eigenvalue weighted by molar-refractivity contribution is 9.11. The molecule has 7 nitrogen and oxygen atoms in total. The molecule has 9 heteroatoms. The molecule has 108 valence electrons. The maximum Gasteiger partial charge on any atom is 0.269 e. The van der Waals surface area contributed by atoms with Crippen LogP contribution in [0.15, 0.2) is 39.7 Å². The largest absolute Gasteiger partial charge is 0.308 e. The number of nitro benzene ring substituents is 1. The van der Waals surface area contributed by atoms with Gasteiger partial charge >= 0.3 is 0 Å². The van der Waals surface area contributed by atoms with Crippen LogP contribution in [0.5, 0.6) is 0 Å². The topological polar surface area (TPSA) is 98.0 Å². The maximum absolute atomic E-state index is 11.9. The number of benzene rings is 1. The van der Waals surface area contributed by atoms with Crippen molar-refractivity contribution in [1.82, 2.24) is 9.97 Å². The summed E-state index contributed by atoms with van der Waals surface area (Å²) >= 11 is 6.36. The van der Waals surface area contributed by atoms with E-state index in [1.165, 1.54) is 18.3 Å². The Morgan fingerprint density at radius 3 is 2.52 bits per heavy atom. The molecule has 1 aromatic heterocycles. The van der Waals surface area contributed by atoms with Crippen molar-refractivity contribution in [2.75, 3.05) is 5.32 Å². The van der Waals surface area contributed by atoms with Gasteiger partial charge in [-0.3, -0.25) is 14.9 Å². The lowest BCUT2D eigenvalue weighted by Crippen LogP contribution is -2.16. The van der Waals surface area contributed by atoms with Gasteiger partial charge in [0, 0.05) is 12.1 Å². The van der Waals surface area contributed by atoms with Gasteiger partial charge in [-0.05, 0) is 37.4 Å². The minimum absolute atomic E-state index is 0.0133. The zero-order valence-corrected chi connectivity index (χ0v) is 13.6. The van der Waals surface area contributed by atoms with E-state index in [0.29, 0.717) is 20.6 Å². The summed E-state index contributed by atoms with van der Waals surface area (Å²) in [7, 11) is 0. The molecule has 0 atom stereocenters. The molecule has 21 heavy (non-hydrogen) atoms. The number of hydrogen-bond donors (Lipinski definition) is 1. The number of carbonyl (C=O) groups excluding carboxylic acids is 1. The predicted octanol–water partition coefficient (Wildman–Crippen LogP) is 3.09. The van der Waals surface area contributed by atoms with Crippen molar-refractivity contribution in [2.24, 2.45) is 0 Å². The lowest BCUT2D eigenvalue weighted by molar-refractivity contribution is -0.384. The second kappa shape index (κ2) is 6.72. The maximum atomic E-state index is 11.9. The average Bonchev–Trinajstić information content (AvgIpc) is 2.42. The monoisotopic (exact) mass is 414 g/mol. The molecule has 0 bridgehead atoms. The Labute approximate surface area is 136 Å². The minimum Gasteiger partial charge on any atom is -0.308 e. The van der Waals surface area contributed by atoms with Crippen LogP contribution in [0.25, 0.3) is 0 Å². The van der Waals surface area contributed by atoms with Crippen LogP contribution < -0.4 is 5.32 Å². The van der Waals surface area contributed by atoms with Gasteiger partial charge in [0.05, 0.1) is 17.5 Å². The fraction of sp³-hybridized carbons (Fsp3) is 0.0833. The molecule has 2 rings (SSSR count). The molecular formula is C12H8Br2N4O3. The first-order valence-corrected chi connectivity index (χ1v) is 7.25. The molecule has 0 aliphatic rings. The third kappa shape index (κ3) is 4.30. The van der Waals surface area contributed by atoms with Gasteiger partial charge in [-0.25, -0.2) is 9.97 Å². The minimum atomic E-state index is -0.488. The molecule has 0 spiro atoms. The highest BCUT2D eigenvalue weighted by atomic mass is 79.9. The molecule has 0 saturated heterocycles. The van der Waals surface area contributed by atoms with Crippen molar-refractivity contribution in [3.8, 4) is 0 Å². The summed E-state index contributed by atoms with van der Waals surface area (Å²) in [6.45, 7) is 0. The zero-order chi connectivity index (χ0) is 15.4. The molecule has 1 amide bonds. The summed E-state index contributed by atoms with van der Waals surface area (Å²) in [6, 6.07) is 5.80. The van der Waals surface area contributed by atoms with E-state index in [-0.39, 0.29) is 18.0 Å². The van der Waals surface area contributed by atoms with Gasteiger partial charge in [-0.15, -0.1) is 0 Å². The number of hydrogen-bond acceptors (Lipinski definition) is 5. The molecule has 0 saturated carbocycles. The van der Waals surface area contributed by atoms with Crippen LogP contribution in [-0.4, -0.2) is 20.8 Å². The zero-order valence-electron chi connectivity index (χ0n) is 10.4. The molecular weight excluding hydrogens is 408 g/mol. The second-order valence-corrected chi connectivity index (χ2v) is 5.54.